The topological polar surface area (TPSA) is 16.1 Å². The number of nitrogens with zero attached hydrogens (tertiary/aromatic N) is 2. The fourth-order valence-electron chi connectivity index (χ4n) is 4.66. The molecule has 0 atom stereocenters. The van der Waals surface area contributed by atoms with Crippen molar-refractivity contribution in [3.05, 3.63) is 36.5 Å². The Hall–Kier alpha value is -1.57. The number of aromatic nitrogens is 1. The molecule has 1 aromatic carbocycles. The van der Waals surface area contributed by atoms with Gasteiger partial charge in [0.1, 0.15) is 0 Å². The van der Waals surface area contributed by atoms with Crippen LogP contribution in [0, 0.1) is 11.3 Å². The third-order valence-electron chi connectivity index (χ3n) is 6.17. The molecule has 2 heterocycles. The monoisotopic (exact) mass is 294 g/mol. The Balaban J connectivity index is 1.48. The quantitative estimate of drug-likeness (QED) is 0.772. The number of pyridine rings is 1. The molecule has 0 radical (unpaired) electrons. The average molecular weight is 294 g/mol. The maximum absolute atomic E-state index is 4.62. The summed E-state index contributed by atoms with van der Waals surface area (Å²) in [5.41, 5.74) is 3.03. The number of para-hydroxylation sites is 1. The third kappa shape index (κ3) is 2.49. The number of rotatable bonds is 2. The minimum absolute atomic E-state index is 0.633. The summed E-state index contributed by atoms with van der Waals surface area (Å²) in [6.07, 6.45) is 10.6. The molecule has 22 heavy (non-hydrogen) atoms. The SMILES string of the molecule is CC1(C2CCN(c3cnc4ccccc4c3)CC2)CCCC1. The summed E-state index contributed by atoms with van der Waals surface area (Å²) >= 11 is 0. The van der Waals surface area contributed by atoms with Gasteiger partial charge in [-0.1, -0.05) is 38.0 Å². The molecular formula is C20H26N2. The van der Waals surface area contributed by atoms with Gasteiger partial charge in [-0.15, -0.1) is 0 Å². The van der Waals surface area contributed by atoms with E-state index in [2.05, 4.69) is 53.3 Å². The van der Waals surface area contributed by atoms with E-state index in [9.17, 15) is 0 Å². The van der Waals surface area contributed by atoms with Crippen molar-refractivity contribution >= 4 is 16.6 Å². The predicted octanol–water partition coefficient (Wildman–Crippen LogP) is 5.03. The zero-order valence-corrected chi connectivity index (χ0v) is 13.6. The molecular weight excluding hydrogens is 268 g/mol. The lowest BCUT2D eigenvalue weighted by atomic mass is 9.71. The second-order valence-corrected chi connectivity index (χ2v) is 7.51. The zero-order chi connectivity index (χ0) is 15.0. The first-order valence-electron chi connectivity index (χ1n) is 8.84. The Bertz CT molecular complexity index is 650. The van der Waals surface area contributed by atoms with Crippen LogP contribution in [0.3, 0.4) is 0 Å². The van der Waals surface area contributed by atoms with Crippen molar-refractivity contribution in [1.29, 1.82) is 0 Å². The highest BCUT2D eigenvalue weighted by molar-refractivity contribution is 5.81. The number of benzene rings is 1. The first-order chi connectivity index (χ1) is 10.7. The van der Waals surface area contributed by atoms with Crippen molar-refractivity contribution in [3.8, 4) is 0 Å². The van der Waals surface area contributed by atoms with Crippen LogP contribution in [0.25, 0.3) is 10.9 Å². The number of piperidine rings is 1. The van der Waals surface area contributed by atoms with Gasteiger partial charge in [0.25, 0.3) is 0 Å². The molecule has 0 N–H and O–H groups in total. The molecule has 1 saturated heterocycles. The summed E-state index contributed by atoms with van der Waals surface area (Å²) in [7, 11) is 0. The third-order valence-corrected chi connectivity index (χ3v) is 6.17. The normalized spacial score (nSPS) is 22.3. The van der Waals surface area contributed by atoms with E-state index >= 15 is 0 Å². The van der Waals surface area contributed by atoms with E-state index in [1.54, 1.807) is 0 Å². The van der Waals surface area contributed by atoms with Crippen LogP contribution in [-0.4, -0.2) is 18.1 Å². The van der Waals surface area contributed by atoms with Crippen LogP contribution in [-0.2, 0) is 0 Å². The van der Waals surface area contributed by atoms with Crippen molar-refractivity contribution in [1.82, 2.24) is 4.98 Å². The van der Waals surface area contributed by atoms with Crippen molar-refractivity contribution < 1.29 is 0 Å². The van der Waals surface area contributed by atoms with Crippen LogP contribution in [0.1, 0.15) is 45.4 Å². The van der Waals surface area contributed by atoms with Gasteiger partial charge in [-0.2, -0.15) is 0 Å². The van der Waals surface area contributed by atoms with E-state index < -0.39 is 0 Å². The Kier molecular flexibility index (Phi) is 3.56. The smallest absolute Gasteiger partial charge is 0.0703 e. The van der Waals surface area contributed by atoms with Gasteiger partial charge in [-0.05, 0) is 49.1 Å². The summed E-state index contributed by atoms with van der Waals surface area (Å²) in [5, 5.41) is 1.25. The molecule has 116 valence electrons. The molecule has 0 spiro atoms. The van der Waals surface area contributed by atoms with Gasteiger partial charge in [-0.25, -0.2) is 0 Å². The maximum Gasteiger partial charge on any atom is 0.0703 e. The fourth-order valence-corrected chi connectivity index (χ4v) is 4.66. The predicted molar refractivity (Wildman–Crippen MR) is 93.3 cm³/mol. The van der Waals surface area contributed by atoms with Gasteiger partial charge in [0.2, 0.25) is 0 Å². The molecule has 1 aliphatic carbocycles. The highest BCUT2D eigenvalue weighted by Gasteiger charge is 2.38. The van der Waals surface area contributed by atoms with E-state index in [4.69, 9.17) is 0 Å². The number of anilines is 1. The Morgan fingerprint density at radius 2 is 1.82 bits per heavy atom. The molecule has 1 aromatic heterocycles. The summed E-state index contributed by atoms with van der Waals surface area (Å²) < 4.78 is 0. The van der Waals surface area contributed by atoms with Gasteiger partial charge in [0.15, 0.2) is 0 Å². The van der Waals surface area contributed by atoms with Crippen LogP contribution in [0.2, 0.25) is 0 Å². The van der Waals surface area contributed by atoms with Crippen LogP contribution < -0.4 is 4.90 Å². The van der Waals surface area contributed by atoms with Crippen molar-refractivity contribution in [2.45, 2.75) is 45.4 Å². The summed E-state index contributed by atoms with van der Waals surface area (Å²) in [5.74, 6) is 0.930. The second-order valence-electron chi connectivity index (χ2n) is 7.51. The molecule has 1 saturated carbocycles. The molecule has 0 unspecified atom stereocenters. The van der Waals surface area contributed by atoms with E-state index in [0.29, 0.717) is 5.41 Å². The molecule has 2 fully saturated rings. The molecule has 2 heteroatoms. The number of hydrogen-bond acceptors (Lipinski definition) is 2. The maximum atomic E-state index is 4.62. The summed E-state index contributed by atoms with van der Waals surface area (Å²) in [6.45, 7) is 4.93. The van der Waals surface area contributed by atoms with Gasteiger partial charge < -0.3 is 4.90 Å². The van der Waals surface area contributed by atoms with E-state index in [1.165, 1.54) is 62.7 Å². The van der Waals surface area contributed by atoms with Gasteiger partial charge >= 0.3 is 0 Å². The van der Waals surface area contributed by atoms with Crippen molar-refractivity contribution in [3.63, 3.8) is 0 Å². The Morgan fingerprint density at radius 3 is 2.59 bits per heavy atom. The zero-order valence-electron chi connectivity index (χ0n) is 13.6. The van der Waals surface area contributed by atoms with Gasteiger partial charge in [0.05, 0.1) is 17.4 Å². The van der Waals surface area contributed by atoms with Gasteiger partial charge in [0, 0.05) is 18.5 Å². The molecule has 1 aliphatic heterocycles. The Labute approximate surface area is 133 Å². The lowest BCUT2D eigenvalue weighted by Crippen LogP contribution is -2.39. The highest BCUT2D eigenvalue weighted by Crippen LogP contribution is 2.47. The number of fused-ring (bicyclic) bond motifs is 1. The molecule has 0 bridgehead atoms. The van der Waals surface area contributed by atoms with Crippen LogP contribution >= 0.6 is 0 Å². The first kappa shape index (κ1) is 14.0. The minimum atomic E-state index is 0.633. The molecule has 2 nitrogen and oxygen atoms in total. The second kappa shape index (κ2) is 5.57. The van der Waals surface area contributed by atoms with Crippen LogP contribution in [0.4, 0.5) is 5.69 Å². The minimum Gasteiger partial charge on any atom is -0.370 e. The first-order valence-corrected chi connectivity index (χ1v) is 8.84. The average Bonchev–Trinajstić information content (AvgIpc) is 3.02. The van der Waals surface area contributed by atoms with Crippen LogP contribution in [0.5, 0.6) is 0 Å². The molecule has 2 aromatic rings. The summed E-state index contributed by atoms with van der Waals surface area (Å²) in [4.78, 5) is 7.16. The lowest BCUT2D eigenvalue weighted by molar-refractivity contribution is 0.159. The largest absolute Gasteiger partial charge is 0.370 e. The fraction of sp³-hybridized carbons (Fsp3) is 0.550. The van der Waals surface area contributed by atoms with E-state index in [0.717, 1.165) is 11.4 Å². The molecule has 0 amide bonds. The summed E-state index contributed by atoms with van der Waals surface area (Å²) in [6, 6.07) is 10.7. The standard InChI is InChI=1S/C20H26N2/c1-20(10-4-5-11-20)17-8-12-22(13-9-17)18-14-16-6-2-3-7-19(16)21-15-18/h2-3,6-7,14-15,17H,4-5,8-13H2,1H3. The van der Waals surface area contributed by atoms with Gasteiger partial charge in [-0.3, -0.25) is 4.98 Å². The molecule has 2 aliphatic rings. The molecule has 4 rings (SSSR count). The number of hydrogen-bond donors (Lipinski definition) is 0. The van der Waals surface area contributed by atoms with Crippen molar-refractivity contribution in [2.24, 2.45) is 11.3 Å². The van der Waals surface area contributed by atoms with E-state index in [1.807, 2.05) is 0 Å². The lowest BCUT2D eigenvalue weighted by Gasteiger charge is -2.41. The van der Waals surface area contributed by atoms with E-state index in [-0.39, 0.29) is 0 Å². The highest BCUT2D eigenvalue weighted by atomic mass is 15.1. The van der Waals surface area contributed by atoms with Crippen molar-refractivity contribution in [2.75, 3.05) is 18.0 Å². The van der Waals surface area contributed by atoms with Crippen LogP contribution in [0.15, 0.2) is 36.5 Å². The Morgan fingerprint density at radius 1 is 1.09 bits per heavy atom.